The van der Waals surface area contributed by atoms with Crippen LogP contribution < -0.4 is 16.4 Å². The summed E-state index contributed by atoms with van der Waals surface area (Å²) >= 11 is 0. The first-order valence-corrected chi connectivity index (χ1v) is 9.31. The number of rotatable bonds is 3. The Kier molecular flexibility index (Phi) is 4.62. The fourth-order valence-electron chi connectivity index (χ4n) is 3.77. The van der Waals surface area contributed by atoms with Crippen LogP contribution in [0, 0.1) is 30.0 Å². The standard InChI is InChI=1S/C21H19FN6O2/c1-10-15(7-26-9-17(10)24)14-4-12-5-18(27-8-16(12)20(25)19(14)22)28(21(29)30)13-2-11(3-13)6-23/h4-5,7-9,11,13H,2-3,24-25H2,1H3,(H,29,30)/t11-,13+. The number of nitrogens with zero attached hydrogens (tertiary/aromatic N) is 4. The van der Waals surface area contributed by atoms with Gasteiger partial charge in [0.15, 0.2) is 5.82 Å². The first kappa shape index (κ1) is 19.4. The van der Waals surface area contributed by atoms with E-state index in [1.165, 1.54) is 18.6 Å². The molecule has 0 aliphatic heterocycles. The Hall–Kier alpha value is -3.93. The van der Waals surface area contributed by atoms with Gasteiger partial charge in [0.2, 0.25) is 0 Å². The van der Waals surface area contributed by atoms with Crippen molar-refractivity contribution in [3.05, 3.63) is 42.1 Å². The normalized spacial score (nSPS) is 17.9. The van der Waals surface area contributed by atoms with Crippen molar-refractivity contribution in [1.29, 1.82) is 5.26 Å². The minimum Gasteiger partial charge on any atom is -0.465 e. The average Bonchev–Trinajstić information content (AvgIpc) is 2.68. The maximum absolute atomic E-state index is 15.0. The number of aromatic nitrogens is 2. The summed E-state index contributed by atoms with van der Waals surface area (Å²) in [6.45, 7) is 1.76. The van der Waals surface area contributed by atoms with E-state index in [-0.39, 0.29) is 29.0 Å². The minimum atomic E-state index is -1.16. The van der Waals surface area contributed by atoms with Crippen molar-refractivity contribution in [1.82, 2.24) is 9.97 Å². The van der Waals surface area contributed by atoms with Gasteiger partial charge in [-0.1, -0.05) is 0 Å². The van der Waals surface area contributed by atoms with Crippen LogP contribution >= 0.6 is 0 Å². The van der Waals surface area contributed by atoms with Crippen molar-refractivity contribution in [2.75, 3.05) is 16.4 Å². The van der Waals surface area contributed by atoms with Crippen molar-refractivity contribution in [2.45, 2.75) is 25.8 Å². The minimum absolute atomic E-state index is 0.0848. The number of benzene rings is 1. The van der Waals surface area contributed by atoms with Crippen LogP contribution in [-0.4, -0.2) is 27.2 Å². The summed E-state index contributed by atoms with van der Waals surface area (Å²) in [6, 6.07) is 4.98. The molecule has 1 aromatic carbocycles. The van der Waals surface area contributed by atoms with E-state index in [1.807, 2.05) is 0 Å². The second kappa shape index (κ2) is 7.15. The molecule has 0 unspecified atom stereocenters. The fraction of sp³-hybridized carbons (Fsp3) is 0.238. The number of hydrogen-bond donors (Lipinski definition) is 3. The zero-order chi connectivity index (χ0) is 21.6. The zero-order valence-corrected chi connectivity index (χ0v) is 16.1. The van der Waals surface area contributed by atoms with Gasteiger partial charge in [-0.25, -0.2) is 14.2 Å². The average molecular weight is 406 g/mol. The highest BCUT2D eigenvalue weighted by atomic mass is 19.1. The number of nitriles is 1. The Labute approximate surface area is 171 Å². The van der Waals surface area contributed by atoms with Crippen molar-refractivity contribution < 1.29 is 14.3 Å². The number of hydrogen-bond acceptors (Lipinski definition) is 6. The molecule has 1 aliphatic rings. The van der Waals surface area contributed by atoms with E-state index in [2.05, 4.69) is 16.0 Å². The summed E-state index contributed by atoms with van der Waals surface area (Å²) in [4.78, 5) is 21.2. The SMILES string of the molecule is Cc1c(N)cncc1-c1cc2cc(N(C(=O)O)[C@H]3C[C@@H](C#N)C3)ncc2c(N)c1F. The molecule has 0 bridgehead atoms. The molecule has 0 radical (unpaired) electrons. The van der Waals surface area contributed by atoms with Crippen LogP contribution in [0.15, 0.2) is 30.7 Å². The van der Waals surface area contributed by atoms with E-state index in [0.29, 0.717) is 40.4 Å². The number of nitrogens with two attached hydrogens (primary N) is 2. The predicted molar refractivity (Wildman–Crippen MR) is 111 cm³/mol. The van der Waals surface area contributed by atoms with Crippen LogP contribution in [0.4, 0.5) is 26.4 Å². The molecule has 5 N–H and O–H groups in total. The second-order valence-corrected chi connectivity index (χ2v) is 7.42. The van der Waals surface area contributed by atoms with Crippen molar-refractivity contribution in [2.24, 2.45) is 5.92 Å². The van der Waals surface area contributed by atoms with Gasteiger partial charge in [-0.15, -0.1) is 0 Å². The third-order valence-electron chi connectivity index (χ3n) is 5.64. The summed E-state index contributed by atoms with van der Waals surface area (Å²) in [6.07, 6.45) is 4.11. The molecule has 1 aliphatic carbocycles. The van der Waals surface area contributed by atoms with Crippen LogP contribution in [0.25, 0.3) is 21.9 Å². The molecule has 9 heteroatoms. The Morgan fingerprint density at radius 1 is 1.27 bits per heavy atom. The van der Waals surface area contributed by atoms with Gasteiger partial charge in [0.25, 0.3) is 0 Å². The number of carboxylic acid groups (broad SMARTS) is 1. The molecule has 8 nitrogen and oxygen atoms in total. The van der Waals surface area contributed by atoms with Crippen LogP contribution in [0.5, 0.6) is 0 Å². The van der Waals surface area contributed by atoms with Gasteiger partial charge < -0.3 is 16.6 Å². The molecule has 152 valence electrons. The first-order chi connectivity index (χ1) is 14.3. The Morgan fingerprint density at radius 2 is 2.00 bits per heavy atom. The first-order valence-electron chi connectivity index (χ1n) is 9.31. The van der Waals surface area contributed by atoms with E-state index in [0.717, 1.165) is 4.90 Å². The summed E-state index contributed by atoms with van der Waals surface area (Å²) in [7, 11) is 0. The number of carbonyl (C=O) groups is 1. The lowest BCUT2D eigenvalue weighted by Gasteiger charge is -2.37. The third-order valence-corrected chi connectivity index (χ3v) is 5.64. The van der Waals surface area contributed by atoms with E-state index >= 15 is 4.39 Å². The number of amides is 1. The fourth-order valence-corrected chi connectivity index (χ4v) is 3.77. The monoisotopic (exact) mass is 406 g/mol. The molecule has 0 atom stereocenters. The summed E-state index contributed by atoms with van der Waals surface area (Å²) in [5, 5.41) is 19.6. The van der Waals surface area contributed by atoms with Crippen LogP contribution in [-0.2, 0) is 0 Å². The zero-order valence-electron chi connectivity index (χ0n) is 16.1. The summed E-state index contributed by atoms with van der Waals surface area (Å²) in [5.41, 5.74) is 13.7. The van der Waals surface area contributed by atoms with Crippen LogP contribution in [0.1, 0.15) is 18.4 Å². The van der Waals surface area contributed by atoms with Gasteiger partial charge in [0.05, 0.1) is 29.6 Å². The van der Waals surface area contributed by atoms with Gasteiger partial charge >= 0.3 is 6.09 Å². The molecule has 30 heavy (non-hydrogen) atoms. The van der Waals surface area contributed by atoms with Gasteiger partial charge in [-0.3, -0.25) is 9.88 Å². The number of anilines is 3. The number of fused-ring (bicyclic) bond motifs is 1. The van der Waals surface area contributed by atoms with E-state index in [4.69, 9.17) is 16.7 Å². The summed E-state index contributed by atoms with van der Waals surface area (Å²) in [5.74, 6) is -0.568. The van der Waals surface area contributed by atoms with Crippen molar-refractivity contribution in [3.63, 3.8) is 0 Å². The summed E-state index contributed by atoms with van der Waals surface area (Å²) < 4.78 is 15.0. The van der Waals surface area contributed by atoms with Crippen molar-refractivity contribution in [3.8, 4) is 17.2 Å². The molecule has 1 amide bonds. The number of halogens is 1. The number of pyridine rings is 2. The van der Waals surface area contributed by atoms with Gasteiger partial charge in [0, 0.05) is 34.9 Å². The molecular formula is C21H19FN6O2. The maximum atomic E-state index is 15.0. The van der Waals surface area contributed by atoms with E-state index in [1.54, 1.807) is 19.1 Å². The van der Waals surface area contributed by atoms with Crippen LogP contribution in [0.2, 0.25) is 0 Å². The van der Waals surface area contributed by atoms with Gasteiger partial charge in [-0.2, -0.15) is 5.26 Å². The quantitative estimate of drug-likeness (QED) is 0.563. The molecule has 0 saturated heterocycles. The van der Waals surface area contributed by atoms with Crippen LogP contribution in [0.3, 0.4) is 0 Å². The molecule has 1 saturated carbocycles. The lowest BCUT2D eigenvalue weighted by Crippen LogP contribution is -2.47. The highest BCUT2D eigenvalue weighted by molar-refractivity contribution is 5.99. The third kappa shape index (κ3) is 3.03. The topological polar surface area (TPSA) is 142 Å². The molecule has 1 fully saturated rings. The highest BCUT2D eigenvalue weighted by Gasteiger charge is 2.37. The van der Waals surface area contributed by atoms with E-state index in [9.17, 15) is 9.90 Å². The Bertz CT molecular complexity index is 1220. The molecule has 3 aromatic rings. The highest BCUT2D eigenvalue weighted by Crippen LogP contribution is 2.38. The second-order valence-electron chi connectivity index (χ2n) is 7.42. The largest absolute Gasteiger partial charge is 0.465 e. The maximum Gasteiger partial charge on any atom is 0.413 e. The molecule has 2 heterocycles. The Balaban J connectivity index is 1.84. The molecule has 4 rings (SSSR count). The Morgan fingerprint density at radius 3 is 2.67 bits per heavy atom. The molecular weight excluding hydrogens is 387 g/mol. The van der Waals surface area contributed by atoms with E-state index < -0.39 is 11.9 Å². The molecule has 2 aromatic heterocycles. The lowest BCUT2D eigenvalue weighted by atomic mass is 9.80. The lowest BCUT2D eigenvalue weighted by molar-refractivity contribution is 0.189. The van der Waals surface area contributed by atoms with Gasteiger partial charge in [-0.05, 0) is 42.8 Å². The molecule has 0 spiro atoms. The van der Waals surface area contributed by atoms with Gasteiger partial charge in [0.1, 0.15) is 5.82 Å². The predicted octanol–water partition coefficient (Wildman–Crippen LogP) is 3.70. The smallest absolute Gasteiger partial charge is 0.413 e. The van der Waals surface area contributed by atoms with Crippen molar-refractivity contribution >= 4 is 34.1 Å². The number of nitrogen functional groups attached to an aromatic ring is 2.